The van der Waals surface area contributed by atoms with Crippen molar-refractivity contribution in [2.75, 3.05) is 12.4 Å². The van der Waals surface area contributed by atoms with Gasteiger partial charge < -0.3 is 19.5 Å². The first-order valence-corrected chi connectivity index (χ1v) is 11.1. The first kappa shape index (κ1) is 25.1. The Morgan fingerprint density at radius 3 is 2.35 bits per heavy atom. The predicted molar refractivity (Wildman–Crippen MR) is 134 cm³/mol. The number of hydrogen-bond acceptors (Lipinski definition) is 5. The monoisotopic (exact) mass is 499 g/mol. The molecule has 1 N–H and O–H groups in total. The molecular formula is C26H23Cl2NO5. The average Bonchev–Trinajstić information content (AvgIpc) is 2.81. The largest absolute Gasteiger partial charge is 0.493 e. The molecule has 3 aromatic carbocycles. The first-order valence-electron chi connectivity index (χ1n) is 10.4. The maximum Gasteiger partial charge on any atom is 0.336 e. The summed E-state index contributed by atoms with van der Waals surface area (Å²) in [6.07, 6.45) is 2.93. The molecule has 0 bridgehead atoms. The minimum absolute atomic E-state index is 0.0115. The Hall–Kier alpha value is -3.48. The van der Waals surface area contributed by atoms with E-state index in [4.69, 9.17) is 37.4 Å². The molecule has 8 heteroatoms. The molecule has 0 spiro atoms. The molecule has 1 amide bonds. The molecule has 0 fully saturated rings. The zero-order valence-corrected chi connectivity index (χ0v) is 20.3. The zero-order chi connectivity index (χ0) is 24.7. The molecule has 0 aliphatic carbocycles. The fraction of sp³-hybridized carbons (Fsp3) is 0.154. The van der Waals surface area contributed by atoms with Gasteiger partial charge in [0.2, 0.25) is 0 Å². The maximum atomic E-state index is 12.5. The van der Waals surface area contributed by atoms with Crippen molar-refractivity contribution < 1.29 is 23.8 Å². The molecule has 0 radical (unpaired) electrons. The number of nitrogens with one attached hydrogen (secondary N) is 1. The van der Waals surface area contributed by atoms with Crippen LogP contribution in [0.3, 0.4) is 0 Å². The minimum atomic E-state index is -0.565. The van der Waals surface area contributed by atoms with Gasteiger partial charge in [-0.2, -0.15) is 0 Å². The third kappa shape index (κ3) is 7.01. The van der Waals surface area contributed by atoms with Gasteiger partial charge in [0, 0.05) is 16.7 Å². The van der Waals surface area contributed by atoms with Crippen molar-refractivity contribution in [2.24, 2.45) is 0 Å². The number of carbonyl (C=O) groups is 2. The van der Waals surface area contributed by atoms with Gasteiger partial charge in [0.1, 0.15) is 5.75 Å². The van der Waals surface area contributed by atoms with Crippen LogP contribution in [0.15, 0.2) is 66.7 Å². The van der Waals surface area contributed by atoms with Gasteiger partial charge in [0.15, 0.2) is 11.5 Å². The summed E-state index contributed by atoms with van der Waals surface area (Å²) in [5.74, 6) is 0.548. The lowest BCUT2D eigenvalue weighted by Gasteiger charge is -2.13. The van der Waals surface area contributed by atoms with Gasteiger partial charge in [-0.15, -0.1) is 0 Å². The Bertz CT molecular complexity index is 1210. The highest BCUT2D eigenvalue weighted by atomic mass is 35.5. The minimum Gasteiger partial charge on any atom is -0.493 e. The number of methoxy groups -OCH3 is 1. The third-order valence-electron chi connectivity index (χ3n) is 4.47. The van der Waals surface area contributed by atoms with E-state index in [1.807, 2.05) is 19.9 Å². The second kappa shape index (κ2) is 11.6. The van der Waals surface area contributed by atoms with Crippen molar-refractivity contribution in [2.45, 2.75) is 20.0 Å². The van der Waals surface area contributed by atoms with Gasteiger partial charge in [0.25, 0.3) is 5.91 Å². The lowest BCUT2D eigenvalue weighted by Crippen LogP contribution is -2.12. The van der Waals surface area contributed by atoms with E-state index in [2.05, 4.69) is 5.32 Å². The van der Waals surface area contributed by atoms with E-state index in [0.29, 0.717) is 38.5 Å². The molecular weight excluding hydrogens is 477 g/mol. The van der Waals surface area contributed by atoms with Crippen LogP contribution in [0.5, 0.6) is 17.2 Å². The zero-order valence-electron chi connectivity index (χ0n) is 18.8. The normalized spacial score (nSPS) is 10.9. The summed E-state index contributed by atoms with van der Waals surface area (Å²) >= 11 is 12.0. The van der Waals surface area contributed by atoms with Crippen molar-refractivity contribution in [1.29, 1.82) is 0 Å². The number of amides is 1. The Morgan fingerprint density at radius 2 is 1.68 bits per heavy atom. The van der Waals surface area contributed by atoms with Crippen LogP contribution < -0.4 is 19.5 Å². The SMILES string of the molecule is COc1cc(/C=C/C(=O)Oc2ccc(C(=O)Nc3cc(Cl)ccc3Cl)cc2)ccc1OC(C)C. The summed E-state index contributed by atoms with van der Waals surface area (Å²) in [5, 5.41) is 3.52. The fourth-order valence-corrected chi connectivity index (χ4v) is 3.25. The summed E-state index contributed by atoms with van der Waals surface area (Å²) in [6, 6.07) is 16.3. The highest BCUT2D eigenvalue weighted by molar-refractivity contribution is 6.35. The summed E-state index contributed by atoms with van der Waals surface area (Å²) in [7, 11) is 1.55. The number of rotatable bonds is 8. The van der Waals surface area contributed by atoms with Gasteiger partial charge in [-0.25, -0.2) is 4.79 Å². The van der Waals surface area contributed by atoms with E-state index in [1.165, 1.54) is 18.2 Å². The van der Waals surface area contributed by atoms with Crippen molar-refractivity contribution in [3.63, 3.8) is 0 Å². The number of halogens is 2. The predicted octanol–water partition coefficient (Wildman–Crippen LogP) is 6.66. The number of esters is 1. The molecule has 0 atom stereocenters. The van der Waals surface area contributed by atoms with Crippen LogP contribution in [0.4, 0.5) is 5.69 Å². The van der Waals surface area contributed by atoms with E-state index in [1.54, 1.807) is 55.7 Å². The molecule has 0 saturated heterocycles. The van der Waals surface area contributed by atoms with Crippen LogP contribution in [0.1, 0.15) is 29.8 Å². The van der Waals surface area contributed by atoms with E-state index in [0.717, 1.165) is 5.56 Å². The summed E-state index contributed by atoms with van der Waals surface area (Å²) in [6.45, 7) is 3.86. The maximum absolute atomic E-state index is 12.5. The Labute approximate surface area is 208 Å². The number of anilines is 1. The Morgan fingerprint density at radius 1 is 0.941 bits per heavy atom. The summed E-state index contributed by atoms with van der Waals surface area (Å²) < 4.78 is 16.3. The van der Waals surface area contributed by atoms with Crippen molar-refractivity contribution >= 4 is 46.8 Å². The molecule has 34 heavy (non-hydrogen) atoms. The molecule has 3 rings (SSSR count). The standard InChI is InChI=1S/C26H23Cl2NO5/c1-16(2)33-23-12-4-17(14-24(23)32-3)5-13-25(30)34-20-9-6-18(7-10-20)26(31)29-22-15-19(27)8-11-21(22)28/h4-16H,1-3H3,(H,29,31)/b13-5+. The number of benzene rings is 3. The van der Waals surface area contributed by atoms with E-state index < -0.39 is 5.97 Å². The van der Waals surface area contributed by atoms with Crippen molar-refractivity contribution in [3.05, 3.63) is 87.9 Å². The Kier molecular flexibility index (Phi) is 8.57. The quantitative estimate of drug-likeness (QED) is 0.213. The third-order valence-corrected chi connectivity index (χ3v) is 5.04. The summed E-state index contributed by atoms with van der Waals surface area (Å²) in [5.41, 5.74) is 1.51. The molecule has 0 saturated carbocycles. The van der Waals surface area contributed by atoms with Crippen LogP contribution in [0.2, 0.25) is 10.0 Å². The second-order valence-corrected chi connectivity index (χ2v) is 8.28. The van der Waals surface area contributed by atoms with Crippen LogP contribution in [0, 0.1) is 0 Å². The molecule has 0 unspecified atom stereocenters. The lowest BCUT2D eigenvalue weighted by molar-refractivity contribution is -0.128. The smallest absolute Gasteiger partial charge is 0.336 e. The number of ether oxygens (including phenoxy) is 3. The van der Waals surface area contributed by atoms with Gasteiger partial charge in [-0.1, -0.05) is 29.3 Å². The topological polar surface area (TPSA) is 73.9 Å². The highest BCUT2D eigenvalue weighted by Gasteiger charge is 2.11. The van der Waals surface area contributed by atoms with Gasteiger partial charge in [-0.3, -0.25) is 4.79 Å². The number of hydrogen-bond donors (Lipinski definition) is 1. The van der Waals surface area contributed by atoms with E-state index in [9.17, 15) is 9.59 Å². The molecule has 0 aliphatic heterocycles. The van der Waals surface area contributed by atoms with Crippen LogP contribution in [-0.4, -0.2) is 25.1 Å². The molecule has 6 nitrogen and oxygen atoms in total. The molecule has 3 aromatic rings. The molecule has 0 aliphatic rings. The highest BCUT2D eigenvalue weighted by Crippen LogP contribution is 2.29. The fourth-order valence-electron chi connectivity index (χ4n) is 2.92. The van der Waals surface area contributed by atoms with Crippen molar-refractivity contribution in [3.8, 4) is 17.2 Å². The van der Waals surface area contributed by atoms with Crippen LogP contribution in [-0.2, 0) is 4.79 Å². The summed E-state index contributed by atoms with van der Waals surface area (Å²) in [4.78, 5) is 24.7. The van der Waals surface area contributed by atoms with E-state index in [-0.39, 0.29) is 12.0 Å². The second-order valence-electron chi connectivity index (χ2n) is 7.43. The van der Waals surface area contributed by atoms with Crippen molar-refractivity contribution in [1.82, 2.24) is 0 Å². The number of carbonyl (C=O) groups excluding carboxylic acids is 2. The van der Waals surface area contributed by atoms with Gasteiger partial charge >= 0.3 is 5.97 Å². The van der Waals surface area contributed by atoms with E-state index >= 15 is 0 Å². The lowest BCUT2D eigenvalue weighted by atomic mass is 10.2. The molecule has 176 valence electrons. The Balaban J connectivity index is 1.60. The molecule has 0 aromatic heterocycles. The van der Waals surface area contributed by atoms with Gasteiger partial charge in [0.05, 0.1) is 23.9 Å². The first-order chi connectivity index (χ1) is 16.2. The van der Waals surface area contributed by atoms with Crippen LogP contribution >= 0.6 is 23.2 Å². The molecule has 0 heterocycles. The average molecular weight is 500 g/mol. The van der Waals surface area contributed by atoms with Crippen LogP contribution in [0.25, 0.3) is 6.08 Å². The van der Waals surface area contributed by atoms with Gasteiger partial charge in [-0.05, 0) is 80.1 Å².